The number of rotatable bonds is 5. The van der Waals surface area contributed by atoms with Crippen molar-refractivity contribution >= 4 is 22.6 Å². The van der Waals surface area contributed by atoms with Crippen LogP contribution in [0.2, 0.25) is 0 Å². The first-order chi connectivity index (χ1) is 15.5. The summed E-state index contributed by atoms with van der Waals surface area (Å²) in [5.74, 6) is 0.143. The number of furan rings is 1. The van der Waals surface area contributed by atoms with Crippen molar-refractivity contribution in [1.82, 2.24) is 19.3 Å². The summed E-state index contributed by atoms with van der Waals surface area (Å²) in [5, 5.41) is 11.8. The number of carbonyl (C=O) groups excluding carboxylic acids is 1. The van der Waals surface area contributed by atoms with Crippen LogP contribution in [0.3, 0.4) is 0 Å². The quantitative estimate of drug-likeness (QED) is 0.468. The second-order valence-corrected chi connectivity index (χ2v) is 7.95. The number of nitrogens with one attached hydrogen (secondary N) is 2. The zero-order valence-electron chi connectivity index (χ0n) is 17.6. The smallest absolute Gasteiger partial charge is 0.267 e. The van der Waals surface area contributed by atoms with E-state index in [4.69, 9.17) is 19.5 Å². The van der Waals surface area contributed by atoms with Gasteiger partial charge in [0.2, 0.25) is 0 Å². The Balaban J connectivity index is 1.68. The molecule has 1 aliphatic heterocycles. The van der Waals surface area contributed by atoms with Crippen LogP contribution in [0.5, 0.6) is 0 Å². The van der Waals surface area contributed by atoms with E-state index in [2.05, 4.69) is 5.32 Å². The highest BCUT2D eigenvalue weighted by Gasteiger charge is 2.22. The number of nitrogens with zero attached hydrogens (tertiary/aromatic N) is 3. The number of carbonyl (C=O) groups is 1. The van der Waals surface area contributed by atoms with E-state index in [1.807, 2.05) is 13.0 Å². The van der Waals surface area contributed by atoms with Crippen molar-refractivity contribution in [2.45, 2.75) is 39.0 Å². The van der Waals surface area contributed by atoms with Crippen LogP contribution in [0, 0.1) is 12.3 Å². The van der Waals surface area contributed by atoms with Crippen LogP contribution in [-0.2, 0) is 17.8 Å². The molecule has 4 aromatic rings. The fourth-order valence-electron chi connectivity index (χ4n) is 4.12. The molecule has 0 aliphatic carbocycles. The number of aromatic nitrogens is 3. The lowest BCUT2D eigenvalue weighted by Gasteiger charge is -2.17. The zero-order chi connectivity index (χ0) is 22.2. The highest BCUT2D eigenvalue weighted by molar-refractivity contribution is 5.96. The molecule has 2 N–H and O–H groups in total. The topological polar surface area (TPSA) is 115 Å². The molecular weight excluding hydrogens is 410 g/mol. The van der Waals surface area contributed by atoms with Gasteiger partial charge in [-0.25, -0.2) is 4.98 Å². The molecule has 1 fully saturated rings. The molecule has 0 saturated carbocycles. The largest absolute Gasteiger partial charge is 0.467 e. The number of hydrogen-bond donors (Lipinski definition) is 2. The molecule has 9 heteroatoms. The monoisotopic (exact) mass is 433 g/mol. The van der Waals surface area contributed by atoms with Gasteiger partial charge in [-0.15, -0.1) is 0 Å². The van der Waals surface area contributed by atoms with Crippen LogP contribution < -0.4 is 16.4 Å². The van der Waals surface area contributed by atoms with Gasteiger partial charge in [0.15, 0.2) is 0 Å². The molecule has 4 aromatic heterocycles. The molecule has 0 aromatic carbocycles. The zero-order valence-corrected chi connectivity index (χ0v) is 17.6. The first-order valence-electron chi connectivity index (χ1n) is 10.6. The van der Waals surface area contributed by atoms with Crippen molar-refractivity contribution < 1.29 is 13.9 Å². The van der Waals surface area contributed by atoms with E-state index >= 15 is 0 Å². The van der Waals surface area contributed by atoms with Crippen LogP contribution in [-0.4, -0.2) is 32.6 Å². The lowest BCUT2D eigenvalue weighted by molar-refractivity contribution is 0.0929. The minimum absolute atomic E-state index is 0.00483. The molecule has 9 nitrogen and oxygen atoms in total. The van der Waals surface area contributed by atoms with Gasteiger partial charge < -0.3 is 19.0 Å². The highest BCUT2D eigenvalue weighted by atomic mass is 16.5. The number of hydrogen-bond acceptors (Lipinski definition) is 6. The molecule has 1 aliphatic rings. The molecular formula is C23H23N5O4. The van der Waals surface area contributed by atoms with Crippen LogP contribution >= 0.6 is 0 Å². The predicted octanol–water partition coefficient (Wildman–Crippen LogP) is 2.14. The van der Waals surface area contributed by atoms with E-state index < -0.39 is 5.91 Å². The fraction of sp³-hybridized carbons (Fsp3) is 0.304. The average Bonchev–Trinajstić information content (AvgIpc) is 3.49. The van der Waals surface area contributed by atoms with E-state index in [1.165, 1.54) is 16.7 Å². The second-order valence-electron chi connectivity index (χ2n) is 7.95. The van der Waals surface area contributed by atoms with Crippen molar-refractivity contribution in [3.8, 4) is 0 Å². The van der Waals surface area contributed by atoms with Crippen molar-refractivity contribution in [3.05, 3.63) is 75.5 Å². The number of ether oxygens (including phenoxy) is 1. The molecule has 0 bridgehead atoms. The van der Waals surface area contributed by atoms with Gasteiger partial charge in [-0.05, 0) is 49.6 Å². The summed E-state index contributed by atoms with van der Waals surface area (Å²) < 4.78 is 14.1. The Kier molecular flexibility index (Phi) is 5.10. The summed E-state index contributed by atoms with van der Waals surface area (Å²) >= 11 is 0. The number of fused-ring (bicyclic) bond motifs is 2. The number of pyridine rings is 2. The first-order valence-corrected chi connectivity index (χ1v) is 10.6. The summed E-state index contributed by atoms with van der Waals surface area (Å²) in [6.45, 7) is 3.08. The van der Waals surface area contributed by atoms with E-state index in [1.54, 1.807) is 29.0 Å². The molecule has 5 heterocycles. The molecule has 1 saturated heterocycles. The Morgan fingerprint density at radius 2 is 2.19 bits per heavy atom. The molecule has 0 spiro atoms. The molecule has 1 amide bonds. The van der Waals surface area contributed by atoms with Gasteiger partial charge in [0, 0.05) is 12.8 Å². The molecule has 164 valence electrons. The number of aryl methyl sites for hydroxylation is 1. The Morgan fingerprint density at radius 1 is 1.31 bits per heavy atom. The van der Waals surface area contributed by atoms with Crippen molar-refractivity contribution in [1.29, 1.82) is 5.41 Å². The Hall–Kier alpha value is -3.72. The first kappa shape index (κ1) is 20.2. The third-order valence-electron chi connectivity index (χ3n) is 5.79. The van der Waals surface area contributed by atoms with E-state index in [-0.39, 0.29) is 34.6 Å². The average molecular weight is 433 g/mol. The van der Waals surface area contributed by atoms with Crippen LogP contribution in [0.1, 0.15) is 34.5 Å². The Labute approximate surface area is 182 Å². The molecule has 1 unspecified atom stereocenters. The highest BCUT2D eigenvalue weighted by Crippen LogP contribution is 2.17. The maximum absolute atomic E-state index is 13.3. The summed E-state index contributed by atoms with van der Waals surface area (Å²) in [7, 11) is 0. The van der Waals surface area contributed by atoms with Gasteiger partial charge in [-0.3, -0.25) is 19.4 Å². The van der Waals surface area contributed by atoms with Gasteiger partial charge in [-0.2, -0.15) is 0 Å². The van der Waals surface area contributed by atoms with Crippen LogP contribution in [0.4, 0.5) is 0 Å². The van der Waals surface area contributed by atoms with E-state index in [0.717, 1.165) is 18.4 Å². The second kappa shape index (κ2) is 8.08. The SMILES string of the molecule is Cc1cccn2c(=O)c3cc(C(=O)NCc4ccco4)c(=N)n(CC4CCCO4)c3nc12. The summed E-state index contributed by atoms with van der Waals surface area (Å²) in [6, 6.07) is 8.63. The van der Waals surface area contributed by atoms with Gasteiger partial charge in [0.25, 0.3) is 11.5 Å². The molecule has 0 radical (unpaired) electrons. The van der Waals surface area contributed by atoms with E-state index in [0.29, 0.717) is 30.2 Å². The Morgan fingerprint density at radius 3 is 2.94 bits per heavy atom. The summed E-state index contributed by atoms with van der Waals surface area (Å²) in [4.78, 5) is 31.0. The number of amides is 1. The lowest BCUT2D eigenvalue weighted by Crippen LogP contribution is -2.36. The van der Waals surface area contributed by atoms with Crippen LogP contribution in [0.25, 0.3) is 16.7 Å². The van der Waals surface area contributed by atoms with Crippen molar-refractivity contribution in [3.63, 3.8) is 0 Å². The summed E-state index contributed by atoms with van der Waals surface area (Å²) in [5.41, 5.74) is 1.58. The minimum Gasteiger partial charge on any atom is -0.467 e. The third kappa shape index (κ3) is 3.50. The van der Waals surface area contributed by atoms with Crippen molar-refractivity contribution in [2.75, 3.05) is 6.61 Å². The van der Waals surface area contributed by atoms with Gasteiger partial charge in [-0.1, -0.05) is 6.07 Å². The predicted molar refractivity (Wildman–Crippen MR) is 116 cm³/mol. The van der Waals surface area contributed by atoms with Gasteiger partial charge in [0.1, 0.15) is 22.5 Å². The van der Waals surface area contributed by atoms with Gasteiger partial charge in [0.05, 0.1) is 36.4 Å². The van der Waals surface area contributed by atoms with Gasteiger partial charge >= 0.3 is 0 Å². The fourth-order valence-corrected chi connectivity index (χ4v) is 4.12. The molecule has 5 rings (SSSR count). The minimum atomic E-state index is -0.455. The lowest BCUT2D eigenvalue weighted by atomic mass is 10.1. The summed E-state index contributed by atoms with van der Waals surface area (Å²) in [6.07, 6.45) is 4.90. The van der Waals surface area contributed by atoms with Crippen LogP contribution in [0.15, 0.2) is 52.0 Å². The Bertz CT molecular complexity index is 1430. The maximum atomic E-state index is 13.3. The molecule has 1 atom stereocenters. The third-order valence-corrected chi connectivity index (χ3v) is 5.79. The standard InChI is InChI=1S/C23H23N5O4/c1-14-5-2-8-27-20(14)26-21-18(23(27)30)11-17(22(29)25-12-15-6-3-9-31-15)19(24)28(21)13-16-7-4-10-32-16/h2-3,5-6,8-9,11,16,24H,4,7,10,12-13H2,1H3,(H,25,29). The van der Waals surface area contributed by atoms with E-state index in [9.17, 15) is 9.59 Å². The molecule has 32 heavy (non-hydrogen) atoms. The normalized spacial score (nSPS) is 16.1. The van der Waals surface area contributed by atoms with Crippen molar-refractivity contribution in [2.24, 2.45) is 0 Å². The maximum Gasteiger partial charge on any atom is 0.267 e.